The lowest BCUT2D eigenvalue weighted by atomic mass is 9.99. The number of nitrogens with one attached hydrogen (secondary N) is 1. The first-order chi connectivity index (χ1) is 15.7. The van der Waals surface area contributed by atoms with Crippen molar-refractivity contribution < 1.29 is 4.79 Å². The first-order valence-electron chi connectivity index (χ1n) is 10.6. The van der Waals surface area contributed by atoms with Gasteiger partial charge in [-0.2, -0.15) is 0 Å². The van der Waals surface area contributed by atoms with Crippen LogP contribution in [0.15, 0.2) is 67.0 Å². The Morgan fingerprint density at radius 3 is 2.16 bits per heavy atom. The van der Waals surface area contributed by atoms with E-state index in [0.29, 0.717) is 37.3 Å². The molecule has 0 spiro atoms. The van der Waals surface area contributed by atoms with Crippen LogP contribution in [0.4, 0.5) is 10.6 Å². The summed E-state index contributed by atoms with van der Waals surface area (Å²) in [5.74, 6) is 0.759. The highest BCUT2D eigenvalue weighted by Crippen LogP contribution is 2.24. The maximum Gasteiger partial charge on any atom is 0.318 e. The average molecular weight is 429 g/mol. The molecule has 2 aromatic heterocycles. The van der Waals surface area contributed by atoms with Gasteiger partial charge >= 0.3 is 6.03 Å². The molecule has 0 bridgehead atoms. The van der Waals surface area contributed by atoms with Crippen LogP contribution in [0.3, 0.4) is 0 Å². The van der Waals surface area contributed by atoms with E-state index in [1.165, 1.54) is 6.33 Å². The molecule has 0 unspecified atom stereocenters. The molecule has 32 heavy (non-hydrogen) atoms. The highest BCUT2D eigenvalue weighted by molar-refractivity contribution is 5.83. The summed E-state index contributed by atoms with van der Waals surface area (Å²) in [6.45, 7) is 2.51. The summed E-state index contributed by atoms with van der Waals surface area (Å²) in [5, 5.41) is 11.5. The Kier molecular flexibility index (Phi) is 5.37. The van der Waals surface area contributed by atoms with E-state index in [4.69, 9.17) is 0 Å². The molecule has 2 amide bonds. The fraction of sp³-hybridized carbons (Fsp3) is 0.261. The van der Waals surface area contributed by atoms with Crippen LogP contribution in [0.1, 0.15) is 17.2 Å². The molecule has 3 heterocycles. The molecule has 0 atom stereocenters. The van der Waals surface area contributed by atoms with Crippen molar-refractivity contribution in [3.63, 3.8) is 0 Å². The molecule has 1 N–H and O–H groups in total. The molecule has 1 fully saturated rings. The highest BCUT2D eigenvalue weighted by atomic mass is 16.2. The lowest BCUT2D eigenvalue weighted by Crippen LogP contribution is -2.52. The van der Waals surface area contributed by atoms with Crippen molar-refractivity contribution in [3.05, 3.63) is 78.1 Å². The van der Waals surface area contributed by atoms with E-state index in [1.54, 1.807) is 4.68 Å². The van der Waals surface area contributed by atoms with Gasteiger partial charge in [0.1, 0.15) is 6.33 Å². The number of nitrogens with zero attached hydrogens (tertiary/aromatic N) is 7. The third-order valence-corrected chi connectivity index (χ3v) is 5.77. The Bertz CT molecular complexity index is 1160. The van der Waals surface area contributed by atoms with Gasteiger partial charge in [-0.05, 0) is 11.1 Å². The second kappa shape index (κ2) is 8.62. The molecule has 0 saturated carbocycles. The summed E-state index contributed by atoms with van der Waals surface area (Å²) in [5.41, 5.74) is 3.48. The number of anilines is 1. The summed E-state index contributed by atoms with van der Waals surface area (Å²) < 4.78 is 1.64. The predicted molar refractivity (Wildman–Crippen MR) is 121 cm³/mol. The van der Waals surface area contributed by atoms with Gasteiger partial charge in [-0.25, -0.2) is 19.4 Å². The highest BCUT2D eigenvalue weighted by Gasteiger charge is 2.26. The van der Waals surface area contributed by atoms with E-state index in [-0.39, 0.29) is 12.1 Å². The van der Waals surface area contributed by atoms with Crippen molar-refractivity contribution in [1.82, 2.24) is 35.2 Å². The fourth-order valence-corrected chi connectivity index (χ4v) is 4.06. The van der Waals surface area contributed by atoms with Gasteiger partial charge < -0.3 is 15.1 Å². The molecule has 9 heteroatoms. The van der Waals surface area contributed by atoms with Crippen LogP contribution in [0.5, 0.6) is 0 Å². The molecule has 5 rings (SSSR count). The van der Waals surface area contributed by atoms with E-state index in [1.807, 2.05) is 72.6 Å². The number of piperazine rings is 1. The third kappa shape index (κ3) is 3.84. The zero-order valence-corrected chi connectivity index (χ0v) is 17.8. The normalized spacial score (nSPS) is 14.2. The van der Waals surface area contributed by atoms with Crippen LogP contribution in [0, 0.1) is 0 Å². The number of aromatic nitrogens is 5. The zero-order valence-electron chi connectivity index (χ0n) is 17.8. The Morgan fingerprint density at radius 1 is 0.906 bits per heavy atom. The number of aryl methyl sites for hydroxylation is 1. The molecule has 0 aliphatic carbocycles. The molecule has 0 radical (unpaired) electrons. The largest absolute Gasteiger partial charge is 0.351 e. The number of hydrogen-bond acceptors (Lipinski definition) is 6. The van der Waals surface area contributed by atoms with E-state index < -0.39 is 0 Å². The minimum Gasteiger partial charge on any atom is -0.351 e. The van der Waals surface area contributed by atoms with Gasteiger partial charge in [0.05, 0.1) is 6.04 Å². The number of benzene rings is 2. The van der Waals surface area contributed by atoms with Crippen LogP contribution >= 0.6 is 0 Å². The van der Waals surface area contributed by atoms with Gasteiger partial charge in [-0.1, -0.05) is 65.9 Å². The maximum absolute atomic E-state index is 13.2. The minimum atomic E-state index is -0.205. The monoisotopic (exact) mass is 428 g/mol. The second-order valence-corrected chi connectivity index (χ2v) is 7.76. The van der Waals surface area contributed by atoms with Crippen LogP contribution in [0.2, 0.25) is 0 Å². The quantitative estimate of drug-likeness (QED) is 0.537. The van der Waals surface area contributed by atoms with Crippen LogP contribution in [-0.2, 0) is 7.05 Å². The van der Waals surface area contributed by atoms with Gasteiger partial charge in [0, 0.05) is 33.2 Å². The molecular formula is C23H24N8O. The zero-order chi connectivity index (χ0) is 21.9. The molecule has 1 saturated heterocycles. The third-order valence-electron chi connectivity index (χ3n) is 5.77. The van der Waals surface area contributed by atoms with Crippen molar-refractivity contribution in [2.75, 3.05) is 31.1 Å². The number of rotatable bonds is 4. The Morgan fingerprint density at radius 2 is 1.53 bits per heavy atom. The SMILES string of the molecule is Cn1nnc2c(N3CCN(C(=O)NC(c4ccccc4)c4ccccc4)CC3)ncnc21. The lowest BCUT2D eigenvalue weighted by molar-refractivity contribution is 0.192. The van der Waals surface area contributed by atoms with Crippen molar-refractivity contribution in [2.45, 2.75) is 6.04 Å². The molecule has 1 aliphatic heterocycles. The second-order valence-electron chi connectivity index (χ2n) is 7.76. The number of urea groups is 1. The van der Waals surface area contributed by atoms with Crippen molar-refractivity contribution >= 4 is 23.0 Å². The van der Waals surface area contributed by atoms with E-state index in [9.17, 15) is 4.79 Å². The molecule has 2 aromatic carbocycles. The number of carbonyl (C=O) groups excluding carboxylic acids is 1. The van der Waals surface area contributed by atoms with Gasteiger partial charge in [-0.15, -0.1) is 5.10 Å². The average Bonchev–Trinajstić information content (AvgIpc) is 3.24. The van der Waals surface area contributed by atoms with Gasteiger partial charge in [0.15, 0.2) is 17.0 Å². The van der Waals surface area contributed by atoms with Crippen molar-refractivity contribution in [1.29, 1.82) is 0 Å². The molecule has 9 nitrogen and oxygen atoms in total. The summed E-state index contributed by atoms with van der Waals surface area (Å²) >= 11 is 0. The Hall–Kier alpha value is -4.01. The standard InChI is InChI=1S/C23H24N8O/c1-29-21-20(27-28-29)22(25-16-24-21)30-12-14-31(15-13-30)23(32)26-19(17-8-4-2-5-9-17)18-10-6-3-7-11-18/h2-11,16,19H,12-15H2,1H3,(H,26,32). The predicted octanol–water partition coefficient (Wildman–Crippen LogP) is 2.38. The lowest BCUT2D eigenvalue weighted by Gasteiger charge is -2.36. The van der Waals surface area contributed by atoms with E-state index >= 15 is 0 Å². The molecule has 162 valence electrons. The summed E-state index contributed by atoms with van der Waals surface area (Å²) in [4.78, 5) is 25.8. The molecular weight excluding hydrogens is 404 g/mol. The number of fused-ring (bicyclic) bond motifs is 1. The first kappa shape index (κ1) is 19.9. The first-order valence-corrected chi connectivity index (χ1v) is 10.6. The number of amides is 2. The van der Waals surface area contributed by atoms with Gasteiger partial charge in [0.2, 0.25) is 0 Å². The van der Waals surface area contributed by atoms with Crippen LogP contribution in [0.25, 0.3) is 11.2 Å². The maximum atomic E-state index is 13.2. The number of hydrogen-bond donors (Lipinski definition) is 1. The van der Waals surface area contributed by atoms with Gasteiger partial charge in [0.25, 0.3) is 0 Å². The van der Waals surface area contributed by atoms with Gasteiger partial charge in [-0.3, -0.25) is 0 Å². The Labute approximate surface area is 185 Å². The summed E-state index contributed by atoms with van der Waals surface area (Å²) in [6.07, 6.45) is 1.53. The summed E-state index contributed by atoms with van der Waals surface area (Å²) in [7, 11) is 1.81. The fourth-order valence-electron chi connectivity index (χ4n) is 4.06. The molecule has 4 aromatic rings. The van der Waals surface area contributed by atoms with Crippen molar-refractivity contribution in [3.8, 4) is 0 Å². The summed E-state index contributed by atoms with van der Waals surface area (Å²) in [6, 6.07) is 19.8. The topological polar surface area (TPSA) is 92.1 Å². The smallest absolute Gasteiger partial charge is 0.318 e. The van der Waals surface area contributed by atoms with E-state index in [0.717, 1.165) is 16.9 Å². The minimum absolute atomic E-state index is 0.0744. The molecule has 1 aliphatic rings. The van der Waals surface area contributed by atoms with E-state index in [2.05, 4.69) is 30.5 Å². The van der Waals surface area contributed by atoms with Crippen molar-refractivity contribution in [2.24, 2.45) is 7.05 Å². The Balaban J connectivity index is 1.29. The number of carbonyl (C=O) groups is 1. The van der Waals surface area contributed by atoms with Crippen LogP contribution in [-0.4, -0.2) is 62.1 Å². The van der Waals surface area contributed by atoms with Crippen LogP contribution < -0.4 is 10.2 Å².